The average molecular weight is 196 g/mol. The predicted octanol–water partition coefficient (Wildman–Crippen LogP) is 3.32. The number of allylic oxidation sites excluding steroid dienone is 2. The highest BCUT2D eigenvalue weighted by Gasteiger charge is 2.16. The fraction of sp³-hybridized carbons (Fsp3) is 0.545. The summed E-state index contributed by atoms with van der Waals surface area (Å²) in [7, 11) is 0. The van der Waals surface area contributed by atoms with E-state index >= 15 is 0 Å². The molecule has 0 saturated heterocycles. The molecule has 1 aliphatic rings. The Balaban J connectivity index is 2.82. The Kier molecular flexibility index (Phi) is 4.29. The maximum atomic E-state index is 11.5. The second kappa shape index (κ2) is 5.28. The van der Waals surface area contributed by atoms with Crippen molar-refractivity contribution in [1.82, 2.24) is 0 Å². The topological polar surface area (TPSA) is 17.1 Å². The molecule has 0 N–H and O–H groups in total. The molecule has 0 heterocycles. The summed E-state index contributed by atoms with van der Waals surface area (Å²) >= 11 is 1.33. The van der Waals surface area contributed by atoms with Gasteiger partial charge >= 0.3 is 0 Å². The van der Waals surface area contributed by atoms with E-state index in [-0.39, 0.29) is 5.12 Å². The fourth-order valence-corrected chi connectivity index (χ4v) is 2.23. The van der Waals surface area contributed by atoms with Gasteiger partial charge in [-0.3, -0.25) is 4.79 Å². The molecular weight excluding hydrogens is 180 g/mol. The van der Waals surface area contributed by atoms with Gasteiger partial charge in [0.2, 0.25) is 5.12 Å². The first-order valence-corrected chi connectivity index (χ1v) is 5.92. The number of carbonyl (C=O) groups is 1. The van der Waals surface area contributed by atoms with Crippen LogP contribution in [0.1, 0.15) is 32.1 Å². The zero-order chi connectivity index (χ0) is 9.68. The Bertz CT molecular complexity index is 240. The Morgan fingerprint density at radius 1 is 1.54 bits per heavy atom. The van der Waals surface area contributed by atoms with Crippen molar-refractivity contribution in [2.75, 3.05) is 6.26 Å². The first-order chi connectivity index (χ1) is 6.29. The first kappa shape index (κ1) is 10.6. The minimum absolute atomic E-state index is 0.261. The molecule has 0 bridgehead atoms. The molecule has 0 radical (unpaired) electrons. The van der Waals surface area contributed by atoms with E-state index in [0.29, 0.717) is 0 Å². The quantitative estimate of drug-likeness (QED) is 0.644. The highest BCUT2D eigenvalue weighted by atomic mass is 32.2. The van der Waals surface area contributed by atoms with E-state index in [1.165, 1.54) is 30.2 Å². The standard InChI is InChI=1S/C11H16OS/c1-3-6-9-7-4-5-8-10(9)11(12)13-2/h3H,1,4-8H2,2H3. The molecular formula is C11H16OS. The third kappa shape index (κ3) is 2.73. The van der Waals surface area contributed by atoms with Crippen LogP contribution in [0.5, 0.6) is 0 Å². The minimum atomic E-state index is 0.261. The van der Waals surface area contributed by atoms with Crippen LogP contribution >= 0.6 is 11.8 Å². The molecule has 0 aliphatic heterocycles. The van der Waals surface area contributed by atoms with E-state index in [2.05, 4.69) is 6.58 Å². The summed E-state index contributed by atoms with van der Waals surface area (Å²) < 4.78 is 0. The summed E-state index contributed by atoms with van der Waals surface area (Å²) in [5.74, 6) is 0. The van der Waals surface area contributed by atoms with E-state index < -0.39 is 0 Å². The molecule has 0 aromatic carbocycles. The van der Waals surface area contributed by atoms with Crippen molar-refractivity contribution < 1.29 is 4.79 Å². The average Bonchev–Trinajstić information content (AvgIpc) is 2.18. The minimum Gasteiger partial charge on any atom is -0.282 e. The van der Waals surface area contributed by atoms with Crippen molar-refractivity contribution in [1.29, 1.82) is 0 Å². The van der Waals surface area contributed by atoms with Gasteiger partial charge in [-0.05, 0) is 38.4 Å². The lowest BCUT2D eigenvalue weighted by Crippen LogP contribution is -2.06. The van der Waals surface area contributed by atoms with Gasteiger partial charge in [0.15, 0.2) is 0 Å². The van der Waals surface area contributed by atoms with E-state index in [9.17, 15) is 4.79 Å². The lowest BCUT2D eigenvalue weighted by molar-refractivity contribution is -0.108. The lowest BCUT2D eigenvalue weighted by Gasteiger charge is -2.17. The molecule has 1 nitrogen and oxygen atoms in total. The molecule has 0 spiro atoms. The van der Waals surface area contributed by atoms with Gasteiger partial charge in [0.1, 0.15) is 0 Å². The van der Waals surface area contributed by atoms with Crippen molar-refractivity contribution >= 4 is 16.9 Å². The molecule has 1 rings (SSSR count). The molecule has 1 aliphatic carbocycles. The van der Waals surface area contributed by atoms with Gasteiger partial charge in [0, 0.05) is 5.57 Å². The monoisotopic (exact) mass is 196 g/mol. The summed E-state index contributed by atoms with van der Waals surface area (Å²) in [6, 6.07) is 0. The van der Waals surface area contributed by atoms with Gasteiger partial charge in [-0.25, -0.2) is 0 Å². The number of rotatable bonds is 3. The van der Waals surface area contributed by atoms with E-state index in [4.69, 9.17) is 0 Å². The normalized spacial score (nSPS) is 17.3. The van der Waals surface area contributed by atoms with Crippen molar-refractivity contribution in [3.63, 3.8) is 0 Å². The van der Waals surface area contributed by atoms with Crippen molar-refractivity contribution in [2.24, 2.45) is 0 Å². The molecule has 0 unspecified atom stereocenters. The highest BCUT2D eigenvalue weighted by Crippen LogP contribution is 2.29. The van der Waals surface area contributed by atoms with Crippen LogP contribution in [0.3, 0.4) is 0 Å². The van der Waals surface area contributed by atoms with Crippen LogP contribution < -0.4 is 0 Å². The summed E-state index contributed by atoms with van der Waals surface area (Å²) in [5, 5.41) is 0.261. The molecule has 2 heteroatoms. The van der Waals surface area contributed by atoms with Gasteiger partial charge < -0.3 is 0 Å². The van der Waals surface area contributed by atoms with Gasteiger partial charge in [-0.1, -0.05) is 23.4 Å². The molecule has 0 aromatic rings. The van der Waals surface area contributed by atoms with Crippen molar-refractivity contribution in [3.8, 4) is 0 Å². The molecule has 13 heavy (non-hydrogen) atoms. The second-order valence-corrected chi connectivity index (χ2v) is 4.05. The van der Waals surface area contributed by atoms with Crippen LogP contribution in [-0.4, -0.2) is 11.4 Å². The fourth-order valence-electron chi connectivity index (χ4n) is 1.74. The third-order valence-corrected chi connectivity index (χ3v) is 3.02. The summed E-state index contributed by atoms with van der Waals surface area (Å²) in [4.78, 5) is 11.5. The molecule has 0 amide bonds. The Morgan fingerprint density at radius 3 is 2.85 bits per heavy atom. The van der Waals surface area contributed by atoms with E-state index in [0.717, 1.165) is 24.8 Å². The van der Waals surface area contributed by atoms with E-state index in [1.54, 1.807) is 0 Å². The SMILES string of the molecule is C=CCC1=C(C(=O)SC)CCCC1. The summed E-state index contributed by atoms with van der Waals surface area (Å²) in [5.41, 5.74) is 2.39. The van der Waals surface area contributed by atoms with Crippen molar-refractivity contribution in [3.05, 3.63) is 23.8 Å². The molecule has 0 fully saturated rings. The molecule has 0 atom stereocenters. The van der Waals surface area contributed by atoms with Gasteiger partial charge in [-0.2, -0.15) is 0 Å². The van der Waals surface area contributed by atoms with Gasteiger partial charge in [0.25, 0.3) is 0 Å². The zero-order valence-electron chi connectivity index (χ0n) is 8.14. The van der Waals surface area contributed by atoms with Crippen LogP contribution in [0.15, 0.2) is 23.8 Å². The zero-order valence-corrected chi connectivity index (χ0v) is 8.95. The summed E-state index contributed by atoms with van der Waals surface area (Å²) in [6.45, 7) is 3.72. The number of hydrogen-bond acceptors (Lipinski definition) is 2. The predicted molar refractivity (Wildman–Crippen MR) is 58.8 cm³/mol. The highest BCUT2D eigenvalue weighted by molar-refractivity contribution is 8.13. The first-order valence-electron chi connectivity index (χ1n) is 4.69. The molecule has 0 saturated carbocycles. The lowest BCUT2D eigenvalue weighted by atomic mass is 9.90. The molecule has 0 aromatic heterocycles. The Morgan fingerprint density at radius 2 is 2.23 bits per heavy atom. The second-order valence-electron chi connectivity index (χ2n) is 3.27. The molecule has 72 valence electrons. The number of hydrogen-bond donors (Lipinski definition) is 0. The largest absolute Gasteiger partial charge is 0.282 e. The van der Waals surface area contributed by atoms with Gasteiger partial charge in [0.05, 0.1) is 0 Å². The van der Waals surface area contributed by atoms with Crippen LogP contribution in [-0.2, 0) is 4.79 Å². The third-order valence-electron chi connectivity index (χ3n) is 2.40. The van der Waals surface area contributed by atoms with E-state index in [1.807, 2.05) is 12.3 Å². The maximum Gasteiger partial charge on any atom is 0.215 e. The maximum absolute atomic E-state index is 11.5. The van der Waals surface area contributed by atoms with Gasteiger partial charge in [-0.15, -0.1) is 6.58 Å². The number of carbonyl (C=O) groups excluding carboxylic acids is 1. The van der Waals surface area contributed by atoms with Crippen LogP contribution in [0.25, 0.3) is 0 Å². The van der Waals surface area contributed by atoms with Crippen molar-refractivity contribution in [2.45, 2.75) is 32.1 Å². The van der Waals surface area contributed by atoms with Crippen LogP contribution in [0.4, 0.5) is 0 Å². The summed E-state index contributed by atoms with van der Waals surface area (Å²) in [6.07, 6.45) is 9.11. The number of thioether (sulfide) groups is 1. The smallest absolute Gasteiger partial charge is 0.215 e. The van der Waals surface area contributed by atoms with Crippen LogP contribution in [0, 0.1) is 0 Å². The van der Waals surface area contributed by atoms with Crippen LogP contribution in [0.2, 0.25) is 0 Å². The Hall–Kier alpha value is -0.500. The Labute approximate surface area is 84.3 Å².